The lowest BCUT2D eigenvalue weighted by Gasteiger charge is -2.34. The second-order valence-corrected chi connectivity index (χ2v) is 6.34. The summed E-state index contributed by atoms with van der Waals surface area (Å²) in [5, 5.41) is 2.99. The Labute approximate surface area is 127 Å². The van der Waals surface area contributed by atoms with Gasteiger partial charge in [-0.3, -0.25) is 9.69 Å². The Hall–Kier alpha value is -1.39. The normalized spacial score (nSPS) is 21.0. The van der Waals surface area contributed by atoms with Crippen LogP contribution < -0.4 is 11.1 Å². The first-order chi connectivity index (χ1) is 9.95. The van der Waals surface area contributed by atoms with Crippen molar-refractivity contribution in [3.8, 4) is 0 Å². The molecule has 4 nitrogen and oxygen atoms in total. The van der Waals surface area contributed by atoms with Crippen molar-refractivity contribution in [1.29, 1.82) is 0 Å². The number of aryl methyl sites for hydroxylation is 2. The van der Waals surface area contributed by atoms with Crippen LogP contribution in [-0.2, 0) is 4.79 Å². The van der Waals surface area contributed by atoms with Crippen molar-refractivity contribution >= 4 is 11.6 Å². The molecule has 116 valence electrons. The Kier molecular flexibility index (Phi) is 5.37. The molecular weight excluding hydrogens is 262 g/mol. The summed E-state index contributed by atoms with van der Waals surface area (Å²) in [5.74, 6) is 0.566. The number of nitrogens with one attached hydrogen (secondary N) is 1. The Morgan fingerprint density at radius 1 is 1.43 bits per heavy atom. The molecule has 2 atom stereocenters. The van der Waals surface area contributed by atoms with Gasteiger partial charge < -0.3 is 11.1 Å². The predicted molar refractivity (Wildman–Crippen MR) is 87.4 cm³/mol. The van der Waals surface area contributed by atoms with E-state index in [2.05, 4.69) is 31.0 Å². The maximum Gasteiger partial charge on any atom is 0.238 e. The second kappa shape index (κ2) is 7.05. The fourth-order valence-corrected chi connectivity index (χ4v) is 2.89. The van der Waals surface area contributed by atoms with Crippen molar-refractivity contribution in [2.75, 3.05) is 25.0 Å². The SMILES string of the molecule is Cc1ccc(NC(=O)CN2CCCC(C(C)N)C2)cc1C. The first-order valence-corrected chi connectivity index (χ1v) is 7.80. The summed E-state index contributed by atoms with van der Waals surface area (Å²) in [6, 6.07) is 6.23. The predicted octanol–water partition coefficient (Wildman–Crippen LogP) is 2.30. The van der Waals surface area contributed by atoms with E-state index in [9.17, 15) is 4.79 Å². The highest BCUT2D eigenvalue weighted by Crippen LogP contribution is 2.19. The molecule has 2 rings (SSSR count). The number of carbonyl (C=O) groups is 1. The van der Waals surface area contributed by atoms with Gasteiger partial charge in [0.2, 0.25) is 5.91 Å². The zero-order chi connectivity index (χ0) is 15.4. The van der Waals surface area contributed by atoms with Crippen LogP contribution in [0, 0.1) is 19.8 Å². The van der Waals surface area contributed by atoms with Gasteiger partial charge in [-0.15, -0.1) is 0 Å². The lowest BCUT2D eigenvalue weighted by atomic mass is 9.92. The van der Waals surface area contributed by atoms with Crippen LogP contribution >= 0.6 is 0 Å². The minimum Gasteiger partial charge on any atom is -0.328 e. The van der Waals surface area contributed by atoms with Crippen molar-refractivity contribution in [1.82, 2.24) is 4.90 Å². The zero-order valence-electron chi connectivity index (χ0n) is 13.4. The number of benzene rings is 1. The van der Waals surface area contributed by atoms with Gasteiger partial charge in [-0.05, 0) is 69.3 Å². The highest BCUT2D eigenvalue weighted by molar-refractivity contribution is 5.92. The summed E-state index contributed by atoms with van der Waals surface area (Å²) in [6.07, 6.45) is 2.30. The van der Waals surface area contributed by atoms with Crippen molar-refractivity contribution in [3.05, 3.63) is 29.3 Å². The average molecular weight is 289 g/mol. The number of nitrogens with zero attached hydrogens (tertiary/aromatic N) is 1. The Morgan fingerprint density at radius 3 is 2.86 bits per heavy atom. The summed E-state index contributed by atoms with van der Waals surface area (Å²) in [7, 11) is 0. The number of amides is 1. The van der Waals surface area contributed by atoms with Crippen LogP contribution in [0.25, 0.3) is 0 Å². The van der Waals surface area contributed by atoms with Gasteiger partial charge in [0.05, 0.1) is 6.54 Å². The number of carbonyl (C=O) groups excluding carboxylic acids is 1. The zero-order valence-corrected chi connectivity index (χ0v) is 13.4. The molecule has 1 amide bonds. The molecule has 21 heavy (non-hydrogen) atoms. The largest absolute Gasteiger partial charge is 0.328 e. The lowest BCUT2D eigenvalue weighted by molar-refractivity contribution is -0.117. The second-order valence-electron chi connectivity index (χ2n) is 6.34. The molecule has 0 saturated carbocycles. The minimum absolute atomic E-state index is 0.0589. The third-order valence-corrected chi connectivity index (χ3v) is 4.44. The number of nitrogens with two attached hydrogens (primary N) is 1. The van der Waals surface area contributed by atoms with Gasteiger partial charge in [0.1, 0.15) is 0 Å². The molecule has 1 fully saturated rings. The van der Waals surface area contributed by atoms with E-state index in [4.69, 9.17) is 5.73 Å². The topological polar surface area (TPSA) is 58.4 Å². The molecule has 3 N–H and O–H groups in total. The van der Waals surface area contributed by atoms with E-state index in [0.717, 1.165) is 25.2 Å². The first kappa shape index (κ1) is 16.0. The standard InChI is InChI=1S/C17H27N3O/c1-12-6-7-16(9-13(12)2)19-17(21)11-20-8-4-5-15(10-20)14(3)18/h6-7,9,14-15H,4-5,8,10-11,18H2,1-3H3,(H,19,21). The Bertz CT molecular complexity index is 499. The molecule has 0 bridgehead atoms. The van der Waals surface area contributed by atoms with Crippen molar-refractivity contribution in [2.45, 2.75) is 39.7 Å². The van der Waals surface area contributed by atoms with Gasteiger partial charge in [0.15, 0.2) is 0 Å². The highest BCUT2D eigenvalue weighted by atomic mass is 16.2. The summed E-state index contributed by atoms with van der Waals surface area (Å²) in [4.78, 5) is 14.4. The van der Waals surface area contributed by atoms with Gasteiger partial charge in [0, 0.05) is 18.3 Å². The fourth-order valence-electron chi connectivity index (χ4n) is 2.89. The molecule has 0 radical (unpaired) electrons. The van der Waals surface area contributed by atoms with Gasteiger partial charge in [-0.1, -0.05) is 6.07 Å². The van der Waals surface area contributed by atoms with E-state index < -0.39 is 0 Å². The van der Waals surface area contributed by atoms with Crippen LogP contribution in [0.15, 0.2) is 18.2 Å². The summed E-state index contributed by atoms with van der Waals surface area (Å²) >= 11 is 0. The van der Waals surface area contributed by atoms with Crippen molar-refractivity contribution in [2.24, 2.45) is 11.7 Å². The summed E-state index contributed by atoms with van der Waals surface area (Å²) in [6.45, 7) is 8.56. The van der Waals surface area contributed by atoms with Crippen molar-refractivity contribution in [3.63, 3.8) is 0 Å². The minimum atomic E-state index is 0.0589. The number of likely N-dealkylation sites (tertiary alicyclic amines) is 1. The van der Waals surface area contributed by atoms with E-state index in [1.165, 1.54) is 17.5 Å². The fraction of sp³-hybridized carbons (Fsp3) is 0.588. The average Bonchev–Trinajstić information content (AvgIpc) is 2.43. The number of hydrogen-bond acceptors (Lipinski definition) is 3. The summed E-state index contributed by atoms with van der Waals surface area (Å²) in [5.41, 5.74) is 9.30. The monoisotopic (exact) mass is 289 g/mol. The maximum atomic E-state index is 12.2. The molecule has 1 aliphatic rings. The molecule has 1 saturated heterocycles. The van der Waals surface area contributed by atoms with Gasteiger partial charge in [0.25, 0.3) is 0 Å². The Balaban J connectivity index is 1.87. The van der Waals surface area contributed by atoms with Crippen LogP contribution in [0.5, 0.6) is 0 Å². The molecule has 1 aromatic rings. The third-order valence-electron chi connectivity index (χ3n) is 4.44. The molecule has 0 aromatic heterocycles. The van der Waals surface area contributed by atoms with E-state index in [0.29, 0.717) is 12.5 Å². The van der Waals surface area contributed by atoms with E-state index in [1.54, 1.807) is 0 Å². The smallest absolute Gasteiger partial charge is 0.238 e. The maximum absolute atomic E-state index is 12.2. The van der Waals surface area contributed by atoms with E-state index >= 15 is 0 Å². The van der Waals surface area contributed by atoms with Gasteiger partial charge in [-0.2, -0.15) is 0 Å². The molecule has 2 unspecified atom stereocenters. The lowest BCUT2D eigenvalue weighted by Crippen LogP contribution is -2.45. The van der Waals surface area contributed by atoms with Crippen LogP contribution in [-0.4, -0.2) is 36.5 Å². The molecule has 1 aromatic carbocycles. The third kappa shape index (κ3) is 4.55. The number of hydrogen-bond donors (Lipinski definition) is 2. The summed E-state index contributed by atoms with van der Waals surface area (Å²) < 4.78 is 0. The number of piperidine rings is 1. The van der Waals surface area contributed by atoms with Crippen LogP contribution in [0.2, 0.25) is 0 Å². The number of anilines is 1. The molecule has 1 heterocycles. The van der Waals surface area contributed by atoms with E-state index in [-0.39, 0.29) is 11.9 Å². The molecule has 1 aliphatic heterocycles. The van der Waals surface area contributed by atoms with Crippen molar-refractivity contribution < 1.29 is 4.79 Å². The molecular formula is C17H27N3O. The Morgan fingerprint density at radius 2 is 2.19 bits per heavy atom. The molecule has 0 spiro atoms. The quantitative estimate of drug-likeness (QED) is 0.894. The van der Waals surface area contributed by atoms with Crippen LogP contribution in [0.4, 0.5) is 5.69 Å². The highest BCUT2D eigenvalue weighted by Gasteiger charge is 2.23. The van der Waals surface area contributed by atoms with Crippen LogP contribution in [0.3, 0.4) is 0 Å². The molecule has 4 heteroatoms. The van der Waals surface area contributed by atoms with Crippen LogP contribution in [0.1, 0.15) is 30.9 Å². The van der Waals surface area contributed by atoms with Gasteiger partial charge in [-0.25, -0.2) is 0 Å². The first-order valence-electron chi connectivity index (χ1n) is 7.80. The van der Waals surface area contributed by atoms with Gasteiger partial charge >= 0.3 is 0 Å². The molecule has 0 aliphatic carbocycles. The number of rotatable bonds is 4. The van der Waals surface area contributed by atoms with E-state index in [1.807, 2.05) is 18.2 Å².